The van der Waals surface area contributed by atoms with Gasteiger partial charge in [-0.25, -0.2) is 9.67 Å². The van der Waals surface area contributed by atoms with Gasteiger partial charge in [0.2, 0.25) is 11.1 Å². The molecule has 0 spiro atoms. The molecule has 3 unspecified atom stereocenters. The first-order valence-electron chi connectivity index (χ1n) is 8.92. The normalized spacial score (nSPS) is 26.1. The maximum Gasteiger partial charge on any atom is 0.313 e. The Hall–Kier alpha value is -2.43. The van der Waals surface area contributed by atoms with Gasteiger partial charge in [-0.3, -0.25) is 14.4 Å². The molecule has 2 aromatic heterocycles. The first kappa shape index (κ1) is 21.8. The zero-order valence-electron chi connectivity index (χ0n) is 16.0. The molecule has 5 N–H and O–H groups in total. The summed E-state index contributed by atoms with van der Waals surface area (Å²) in [5, 5.41) is 34.0. The van der Waals surface area contributed by atoms with E-state index in [2.05, 4.69) is 25.8 Å². The average molecular weight is 487 g/mol. The molecule has 2 saturated heterocycles. The Balaban J connectivity index is 1.39. The fraction of sp³-hybridized carbons (Fsp3) is 0.533. The zero-order valence-corrected chi connectivity index (χ0v) is 18.5. The zero-order chi connectivity index (χ0) is 22.3. The number of nitrogens with one attached hydrogen (secondary N) is 1. The first-order valence-corrected chi connectivity index (χ1v) is 11.8. The molecule has 2 fully saturated rings. The molecule has 0 bridgehead atoms. The van der Waals surface area contributed by atoms with E-state index in [4.69, 9.17) is 5.73 Å². The Labute approximate surface area is 187 Å². The van der Waals surface area contributed by atoms with Crippen molar-refractivity contribution in [2.24, 2.45) is 12.5 Å². The summed E-state index contributed by atoms with van der Waals surface area (Å²) in [5.74, 6) is -1.71. The molecule has 0 radical (unpaired) electrons. The number of nitrogens with two attached hydrogens (primary N) is 1. The second-order valence-electron chi connectivity index (χ2n) is 7.12. The van der Waals surface area contributed by atoms with Crippen LogP contribution in [0, 0.1) is 5.41 Å². The van der Waals surface area contributed by atoms with Gasteiger partial charge in [-0.05, 0) is 10.4 Å². The molecule has 2 aliphatic rings. The van der Waals surface area contributed by atoms with Gasteiger partial charge in [0.15, 0.2) is 11.2 Å². The molecule has 0 aromatic carbocycles. The Morgan fingerprint density at radius 1 is 1.52 bits per heavy atom. The number of carboxylic acids is 1. The summed E-state index contributed by atoms with van der Waals surface area (Å²) in [6, 6.07) is -0.834. The molecule has 4 heterocycles. The van der Waals surface area contributed by atoms with Crippen LogP contribution < -0.4 is 11.1 Å². The first-order chi connectivity index (χ1) is 14.7. The fourth-order valence-corrected chi connectivity index (χ4v) is 6.62. The van der Waals surface area contributed by atoms with Gasteiger partial charge in [0.25, 0.3) is 5.91 Å². The highest BCUT2D eigenvalue weighted by atomic mass is 32.2. The number of anilines is 1. The molecular formula is C15H18N8O5S3. The van der Waals surface area contributed by atoms with E-state index in [1.807, 2.05) is 0 Å². The number of rotatable bonds is 7. The third kappa shape index (κ3) is 3.95. The van der Waals surface area contributed by atoms with E-state index in [1.165, 1.54) is 39.3 Å². The predicted octanol–water partition coefficient (Wildman–Crippen LogP) is -1.45. The van der Waals surface area contributed by atoms with E-state index in [9.17, 15) is 24.6 Å². The third-order valence-electron chi connectivity index (χ3n) is 5.01. The van der Waals surface area contributed by atoms with Crippen molar-refractivity contribution in [3.05, 3.63) is 11.1 Å². The summed E-state index contributed by atoms with van der Waals surface area (Å²) in [6.07, 6.45) is -0.181. The van der Waals surface area contributed by atoms with E-state index < -0.39 is 40.7 Å². The highest BCUT2D eigenvalue weighted by Crippen LogP contribution is 2.44. The van der Waals surface area contributed by atoms with Crippen molar-refractivity contribution in [3.8, 4) is 0 Å². The van der Waals surface area contributed by atoms with Crippen molar-refractivity contribution in [1.82, 2.24) is 35.4 Å². The Kier molecular flexibility index (Phi) is 5.80. The fourth-order valence-electron chi connectivity index (χ4n) is 3.24. The number of hydrogen-bond donors (Lipinski definition) is 4. The lowest BCUT2D eigenvalue weighted by Crippen LogP contribution is -2.74. The van der Waals surface area contributed by atoms with Gasteiger partial charge >= 0.3 is 5.97 Å². The van der Waals surface area contributed by atoms with E-state index >= 15 is 0 Å². The van der Waals surface area contributed by atoms with Gasteiger partial charge < -0.3 is 26.2 Å². The molecule has 2 aliphatic heterocycles. The van der Waals surface area contributed by atoms with E-state index in [0.29, 0.717) is 5.16 Å². The van der Waals surface area contributed by atoms with Crippen LogP contribution in [0.15, 0.2) is 11.4 Å². The highest BCUT2D eigenvalue weighted by Gasteiger charge is 2.57. The Bertz CT molecular complexity index is 1030. The van der Waals surface area contributed by atoms with Gasteiger partial charge in [0, 0.05) is 31.3 Å². The van der Waals surface area contributed by atoms with Crippen molar-refractivity contribution in [2.45, 2.75) is 22.7 Å². The molecule has 0 saturated carbocycles. The molecule has 31 heavy (non-hydrogen) atoms. The maximum absolute atomic E-state index is 12.6. The summed E-state index contributed by atoms with van der Waals surface area (Å²) < 4.78 is 1.45. The summed E-state index contributed by atoms with van der Waals surface area (Å²) in [7, 11) is 1.66. The lowest BCUT2D eigenvalue weighted by Gasteiger charge is -2.53. The summed E-state index contributed by atoms with van der Waals surface area (Å²) in [6.45, 7) is 0.0113. The Morgan fingerprint density at radius 2 is 2.29 bits per heavy atom. The minimum atomic E-state index is -1.49. The van der Waals surface area contributed by atoms with Crippen molar-refractivity contribution < 1.29 is 24.6 Å². The average Bonchev–Trinajstić information content (AvgIpc) is 3.37. The third-order valence-corrected chi connectivity index (χ3v) is 8.78. The van der Waals surface area contributed by atoms with Crippen LogP contribution in [0.3, 0.4) is 0 Å². The quantitative estimate of drug-likeness (QED) is 0.263. The number of thiazole rings is 1. The minimum absolute atomic E-state index is 0.0113. The van der Waals surface area contributed by atoms with Crippen LogP contribution in [0.4, 0.5) is 5.13 Å². The molecule has 4 atom stereocenters. The number of nitrogen functional groups attached to an aromatic ring is 1. The van der Waals surface area contributed by atoms with Crippen LogP contribution >= 0.6 is 34.9 Å². The molecular weight excluding hydrogens is 468 g/mol. The number of aromatic nitrogens is 5. The van der Waals surface area contributed by atoms with Gasteiger partial charge in [-0.2, -0.15) is 0 Å². The van der Waals surface area contributed by atoms with Crippen LogP contribution in [-0.2, 0) is 21.4 Å². The van der Waals surface area contributed by atoms with Crippen molar-refractivity contribution in [2.75, 3.05) is 23.8 Å². The molecule has 13 nitrogen and oxygen atoms in total. The van der Waals surface area contributed by atoms with Gasteiger partial charge in [0.1, 0.15) is 16.8 Å². The van der Waals surface area contributed by atoms with Crippen molar-refractivity contribution >= 4 is 57.8 Å². The number of hydrogen-bond acceptors (Lipinski definition) is 12. The Morgan fingerprint density at radius 3 is 2.90 bits per heavy atom. The second kappa shape index (κ2) is 8.25. The monoisotopic (exact) mass is 486 g/mol. The SMILES string of the molecule is Cn1nnnc1SCC1(C(=O)O)CS[C@@H]2C(NC(=O)C(O)c3cnc(N)s3)C(=O)N2C1. The minimum Gasteiger partial charge on any atom is -0.481 e. The van der Waals surface area contributed by atoms with Crippen LogP contribution in [0.2, 0.25) is 0 Å². The predicted molar refractivity (Wildman–Crippen MR) is 111 cm³/mol. The molecule has 4 rings (SSSR count). The number of fused-ring (bicyclic) bond motifs is 1. The number of aliphatic carboxylic acids is 1. The van der Waals surface area contributed by atoms with E-state index in [0.717, 1.165) is 11.3 Å². The lowest BCUT2D eigenvalue weighted by atomic mass is 9.89. The molecule has 0 aliphatic carbocycles. The summed E-state index contributed by atoms with van der Waals surface area (Å²) in [5.41, 5.74) is 4.34. The van der Waals surface area contributed by atoms with Gasteiger partial charge in [-0.1, -0.05) is 23.1 Å². The van der Waals surface area contributed by atoms with Gasteiger partial charge in [0.05, 0.1) is 4.88 Å². The number of nitrogens with zero attached hydrogens (tertiary/aromatic N) is 6. The number of carbonyl (C=O) groups excluding carboxylic acids is 2. The smallest absolute Gasteiger partial charge is 0.313 e. The number of carbonyl (C=O) groups is 3. The van der Waals surface area contributed by atoms with Crippen LogP contribution in [0.5, 0.6) is 0 Å². The molecule has 2 aromatic rings. The second-order valence-corrected chi connectivity index (χ2v) is 10.3. The topological polar surface area (TPSA) is 189 Å². The highest BCUT2D eigenvalue weighted by molar-refractivity contribution is 8.00. The van der Waals surface area contributed by atoms with Crippen LogP contribution in [0.25, 0.3) is 0 Å². The lowest BCUT2D eigenvalue weighted by molar-refractivity contribution is -0.158. The maximum atomic E-state index is 12.6. The number of aryl methyl sites for hydroxylation is 1. The van der Waals surface area contributed by atoms with Gasteiger partial charge in [-0.15, -0.1) is 16.9 Å². The molecule has 16 heteroatoms. The van der Waals surface area contributed by atoms with Crippen LogP contribution in [-0.4, -0.2) is 87.6 Å². The standard InChI is InChI=1S/C15H18N8O5S3/c1-22-14(19-20-21-22)30-5-15(12(27)28)3-23-10(26)7(11(23)29-4-15)18-9(25)8(24)6-2-17-13(16)31-6/h2,7-8,11,24H,3-5H2,1H3,(H2,16,17)(H,18,25)(H,27,28)/t7?,8?,11-,15?/m1/s1. The number of thioether (sulfide) groups is 2. The number of aliphatic hydroxyl groups excluding tert-OH is 1. The largest absolute Gasteiger partial charge is 0.481 e. The molecule has 166 valence electrons. The number of carboxylic acid groups (broad SMARTS) is 1. The number of tetrazole rings is 1. The summed E-state index contributed by atoms with van der Waals surface area (Å²) >= 11 is 3.47. The van der Waals surface area contributed by atoms with Crippen molar-refractivity contribution in [1.29, 1.82) is 0 Å². The molecule has 2 amide bonds. The van der Waals surface area contributed by atoms with Crippen LogP contribution in [0.1, 0.15) is 11.0 Å². The van der Waals surface area contributed by atoms with E-state index in [1.54, 1.807) is 7.05 Å². The number of aliphatic hydroxyl groups is 1. The number of β-lactam (4-membered cyclic amide) rings is 1. The number of amides is 2. The van der Waals surface area contributed by atoms with Crippen molar-refractivity contribution in [3.63, 3.8) is 0 Å². The summed E-state index contributed by atoms with van der Waals surface area (Å²) in [4.78, 5) is 42.6. The van der Waals surface area contributed by atoms with E-state index in [-0.39, 0.29) is 28.1 Å².